The molecule has 1 aliphatic heterocycles. The molecule has 0 bridgehead atoms. The summed E-state index contributed by atoms with van der Waals surface area (Å²) < 4.78 is 10.1. The second-order valence-electron chi connectivity index (χ2n) is 8.49. The van der Waals surface area contributed by atoms with Gasteiger partial charge in [-0.3, -0.25) is 0 Å². The van der Waals surface area contributed by atoms with Crippen LogP contribution in [0.25, 0.3) is 0 Å². The number of thiophene rings is 1. The first kappa shape index (κ1) is 22.2. The number of aliphatic imine (C=N–C) groups is 1. The number of hydrogen-bond donors (Lipinski definition) is 1. The molecule has 3 rings (SSSR count). The van der Waals surface area contributed by atoms with Gasteiger partial charge < -0.3 is 14.8 Å². The fourth-order valence-electron chi connectivity index (χ4n) is 3.98. The summed E-state index contributed by atoms with van der Waals surface area (Å²) in [6.07, 6.45) is 2.42. The van der Waals surface area contributed by atoms with Crippen molar-refractivity contribution in [3.8, 4) is 0 Å². The molecular weight excluding hydrogens is 400 g/mol. The maximum absolute atomic E-state index is 12.8. The summed E-state index contributed by atoms with van der Waals surface area (Å²) in [7, 11) is 1.35. The molecule has 0 aliphatic carbocycles. The number of nitrogens with one attached hydrogen (secondary N) is 1. The standard InChI is InChI=1S/C23H28N2O4S/c1-7-29-21(27)17-16-12-22(2,3)25-23(4,5)18(16)30-19(17)24-13-14-8-10-15(11-9-14)20(26)28-6/h8-11,13,25H,7,12H2,1-6H3. The number of hydrogen-bond acceptors (Lipinski definition) is 7. The van der Waals surface area contributed by atoms with Crippen molar-refractivity contribution in [2.45, 2.75) is 52.1 Å². The van der Waals surface area contributed by atoms with Crippen molar-refractivity contribution in [3.63, 3.8) is 0 Å². The molecule has 0 fully saturated rings. The van der Waals surface area contributed by atoms with Crippen LogP contribution in [0.15, 0.2) is 29.3 Å². The molecule has 2 heterocycles. The minimum Gasteiger partial charge on any atom is -0.465 e. The molecule has 0 saturated carbocycles. The van der Waals surface area contributed by atoms with Crippen LogP contribution in [0.2, 0.25) is 0 Å². The van der Waals surface area contributed by atoms with E-state index >= 15 is 0 Å². The minimum atomic E-state index is -0.383. The van der Waals surface area contributed by atoms with Gasteiger partial charge in [-0.1, -0.05) is 12.1 Å². The quantitative estimate of drug-likeness (QED) is 0.555. The van der Waals surface area contributed by atoms with Crippen molar-refractivity contribution in [1.29, 1.82) is 0 Å². The smallest absolute Gasteiger partial charge is 0.341 e. The maximum atomic E-state index is 12.8. The summed E-state index contributed by atoms with van der Waals surface area (Å²) >= 11 is 1.52. The molecule has 0 amide bonds. The lowest BCUT2D eigenvalue weighted by atomic mass is 9.81. The number of ether oxygens (including phenoxy) is 2. The summed E-state index contributed by atoms with van der Waals surface area (Å²) in [6.45, 7) is 10.6. The fraction of sp³-hybridized carbons (Fsp3) is 0.435. The summed E-state index contributed by atoms with van der Waals surface area (Å²) in [5.41, 5.74) is 2.44. The highest BCUT2D eigenvalue weighted by molar-refractivity contribution is 7.16. The molecule has 0 atom stereocenters. The molecule has 0 saturated heterocycles. The van der Waals surface area contributed by atoms with E-state index in [-0.39, 0.29) is 23.0 Å². The normalized spacial score (nSPS) is 16.9. The molecule has 6 nitrogen and oxygen atoms in total. The van der Waals surface area contributed by atoms with Crippen molar-refractivity contribution >= 4 is 34.5 Å². The summed E-state index contributed by atoms with van der Waals surface area (Å²) in [5, 5.41) is 4.30. The first-order valence-electron chi connectivity index (χ1n) is 9.93. The van der Waals surface area contributed by atoms with Crippen molar-refractivity contribution in [2.24, 2.45) is 4.99 Å². The Kier molecular flexibility index (Phi) is 6.15. The van der Waals surface area contributed by atoms with Crippen LogP contribution >= 0.6 is 11.3 Å². The molecule has 2 aromatic rings. The Hall–Kier alpha value is -2.51. The minimum absolute atomic E-state index is 0.149. The van der Waals surface area contributed by atoms with Crippen LogP contribution in [0.1, 0.15) is 71.3 Å². The topological polar surface area (TPSA) is 77.0 Å². The SMILES string of the molecule is CCOC(=O)c1c(N=Cc2ccc(C(=O)OC)cc2)sc2c1CC(C)(C)NC2(C)C. The Morgan fingerprint density at radius 2 is 1.83 bits per heavy atom. The second-order valence-corrected chi connectivity index (χ2v) is 9.49. The van der Waals surface area contributed by atoms with E-state index in [1.807, 2.05) is 0 Å². The molecule has 0 spiro atoms. The lowest BCUT2D eigenvalue weighted by Crippen LogP contribution is -2.55. The van der Waals surface area contributed by atoms with E-state index in [9.17, 15) is 9.59 Å². The maximum Gasteiger partial charge on any atom is 0.341 e. The number of nitrogens with zero attached hydrogens (tertiary/aromatic N) is 1. The third kappa shape index (κ3) is 4.47. The lowest BCUT2D eigenvalue weighted by molar-refractivity contribution is 0.0524. The average Bonchev–Trinajstić information content (AvgIpc) is 3.03. The highest BCUT2D eigenvalue weighted by Crippen LogP contribution is 2.46. The second kappa shape index (κ2) is 8.32. The fourth-order valence-corrected chi connectivity index (χ4v) is 5.19. The van der Waals surface area contributed by atoms with E-state index in [0.29, 0.717) is 22.7 Å². The number of fused-ring (bicyclic) bond motifs is 1. The number of carbonyl (C=O) groups excluding carboxylic acids is 2. The number of methoxy groups -OCH3 is 1. The van der Waals surface area contributed by atoms with Gasteiger partial charge in [0.15, 0.2) is 0 Å². The number of benzene rings is 1. The van der Waals surface area contributed by atoms with Gasteiger partial charge in [0, 0.05) is 22.2 Å². The molecular formula is C23H28N2O4S. The van der Waals surface area contributed by atoms with Gasteiger partial charge in [-0.25, -0.2) is 14.6 Å². The van der Waals surface area contributed by atoms with E-state index in [4.69, 9.17) is 9.47 Å². The monoisotopic (exact) mass is 428 g/mol. The van der Waals surface area contributed by atoms with Gasteiger partial charge in [0.25, 0.3) is 0 Å². The predicted octanol–water partition coefficient (Wildman–Crippen LogP) is 4.62. The summed E-state index contributed by atoms with van der Waals surface area (Å²) in [4.78, 5) is 30.2. The zero-order valence-electron chi connectivity index (χ0n) is 18.3. The van der Waals surface area contributed by atoms with E-state index in [1.165, 1.54) is 18.4 Å². The van der Waals surface area contributed by atoms with E-state index in [2.05, 4.69) is 38.0 Å². The molecule has 1 aliphatic rings. The van der Waals surface area contributed by atoms with Gasteiger partial charge in [0.05, 0.1) is 24.8 Å². The molecule has 1 aromatic carbocycles. The molecule has 0 unspecified atom stereocenters. The molecule has 1 aromatic heterocycles. The first-order valence-corrected chi connectivity index (χ1v) is 10.7. The van der Waals surface area contributed by atoms with E-state index in [0.717, 1.165) is 22.4 Å². The highest BCUT2D eigenvalue weighted by atomic mass is 32.1. The molecule has 1 N–H and O–H groups in total. The Morgan fingerprint density at radius 1 is 1.17 bits per heavy atom. The average molecular weight is 429 g/mol. The number of rotatable bonds is 5. The van der Waals surface area contributed by atoms with Gasteiger partial charge in [-0.2, -0.15) is 0 Å². The third-order valence-electron chi connectivity index (χ3n) is 4.97. The van der Waals surface area contributed by atoms with Crippen LogP contribution in [0.3, 0.4) is 0 Å². The third-order valence-corrected chi connectivity index (χ3v) is 6.43. The van der Waals surface area contributed by atoms with Crippen molar-refractivity contribution in [3.05, 3.63) is 51.4 Å². The number of carbonyl (C=O) groups is 2. The van der Waals surface area contributed by atoms with Crippen LogP contribution in [0.5, 0.6) is 0 Å². The molecule has 7 heteroatoms. The van der Waals surface area contributed by atoms with Gasteiger partial charge in [0.2, 0.25) is 0 Å². The molecule has 30 heavy (non-hydrogen) atoms. The van der Waals surface area contributed by atoms with Crippen molar-refractivity contribution < 1.29 is 19.1 Å². The summed E-state index contributed by atoms with van der Waals surface area (Å²) in [5.74, 6) is -0.719. The Labute approximate surface area is 181 Å². The zero-order valence-corrected chi connectivity index (χ0v) is 19.1. The lowest BCUT2D eigenvalue weighted by Gasteiger charge is -2.42. The summed E-state index contributed by atoms with van der Waals surface area (Å²) in [6, 6.07) is 6.96. The molecule has 160 valence electrons. The van der Waals surface area contributed by atoms with Crippen molar-refractivity contribution in [1.82, 2.24) is 5.32 Å². The van der Waals surface area contributed by atoms with Crippen LogP contribution in [-0.2, 0) is 21.4 Å². The Morgan fingerprint density at radius 3 is 2.43 bits per heavy atom. The van der Waals surface area contributed by atoms with Gasteiger partial charge in [-0.15, -0.1) is 11.3 Å². The predicted molar refractivity (Wildman–Crippen MR) is 119 cm³/mol. The van der Waals surface area contributed by atoms with Crippen LogP contribution in [0.4, 0.5) is 5.00 Å². The van der Waals surface area contributed by atoms with Crippen LogP contribution < -0.4 is 5.32 Å². The van der Waals surface area contributed by atoms with Crippen LogP contribution in [0, 0.1) is 0 Å². The zero-order chi connectivity index (χ0) is 22.1. The van der Waals surface area contributed by atoms with E-state index < -0.39 is 0 Å². The Balaban J connectivity index is 2.02. The Bertz CT molecular complexity index is 987. The van der Waals surface area contributed by atoms with Gasteiger partial charge in [-0.05, 0) is 64.3 Å². The van der Waals surface area contributed by atoms with Gasteiger partial charge in [0.1, 0.15) is 5.00 Å². The van der Waals surface area contributed by atoms with Crippen LogP contribution in [-0.4, -0.2) is 37.4 Å². The van der Waals surface area contributed by atoms with E-state index in [1.54, 1.807) is 37.4 Å². The van der Waals surface area contributed by atoms with Crippen molar-refractivity contribution in [2.75, 3.05) is 13.7 Å². The largest absolute Gasteiger partial charge is 0.465 e. The highest BCUT2D eigenvalue weighted by Gasteiger charge is 2.41. The first-order chi connectivity index (χ1) is 14.1. The van der Waals surface area contributed by atoms with Gasteiger partial charge >= 0.3 is 11.9 Å². The number of esters is 2. The molecule has 0 radical (unpaired) electrons.